The number of hydrogen-bond acceptors (Lipinski definition) is 9. The molecule has 2 N–H and O–H groups in total. The highest BCUT2D eigenvalue weighted by Gasteiger charge is 2.26. The lowest BCUT2D eigenvalue weighted by molar-refractivity contribution is 0.563. The zero-order valence-corrected chi connectivity index (χ0v) is 20.6. The number of nitriles is 2. The predicted molar refractivity (Wildman–Crippen MR) is 144 cm³/mol. The van der Waals surface area contributed by atoms with E-state index in [0.717, 1.165) is 53.8 Å². The van der Waals surface area contributed by atoms with E-state index >= 15 is 0 Å². The zero-order chi connectivity index (χ0) is 24.9. The van der Waals surface area contributed by atoms with Crippen LogP contribution in [-0.2, 0) is 12.8 Å². The van der Waals surface area contributed by atoms with E-state index in [1.807, 2.05) is 61.5 Å². The number of para-hydroxylation sites is 1. The number of hydrogen-bond donors (Lipinski definition) is 2. The second-order valence-corrected chi connectivity index (χ2v) is 9.72. The number of thiophene rings is 1. The molecule has 0 saturated heterocycles. The van der Waals surface area contributed by atoms with Crippen molar-refractivity contribution in [2.75, 3.05) is 17.4 Å². The molecule has 9 heteroatoms. The topological polar surface area (TPSA) is 112 Å². The quantitative estimate of drug-likeness (QED) is 0.361. The Morgan fingerprint density at radius 1 is 1.03 bits per heavy atom. The first-order chi connectivity index (χ1) is 17.7. The lowest BCUT2D eigenvalue weighted by atomic mass is 9.96. The molecule has 1 aliphatic carbocycles. The summed E-state index contributed by atoms with van der Waals surface area (Å²) in [6.45, 7) is 2.42. The maximum absolute atomic E-state index is 9.98. The van der Waals surface area contributed by atoms with Gasteiger partial charge in [-0.1, -0.05) is 48.0 Å². The highest BCUT2D eigenvalue weighted by atomic mass is 32.1. The minimum Gasteiger partial charge on any atom is -0.297 e. The van der Waals surface area contributed by atoms with Gasteiger partial charge in [0, 0.05) is 4.88 Å². The molecule has 1 aliphatic heterocycles. The van der Waals surface area contributed by atoms with Crippen LogP contribution in [0.4, 0.5) is 10.7 Å². The maximum Gasteiger partial charge on any atom is 0.208 e. The van der Waals surface area contributed by atoms with Gasteiger partial charge in [-0.05, 0) is 55.9 Å². The van der Waals surface area contributed by atoms with E-state index in [9.17, 15) is 10.5 Å². The Kier molecular flexibility index (Phi) is 6.74. The Hall–Kier alpha value is -4.47. The third-order valence-corrected chi connectivity index (χ3v) is 7.32. The number of anilines is 2. The maximum atomic E-state index is 9.98. The van der Waals surface area contributed by atoms with Gasteiger partial charge in [0.2, 0.25) is 11.5 Å². The summed E-state index contributed by atoms with van der Waals surface area (Å²) in [6.07, 6.45) is 4.10. The number of amidine groups is 1. The summed E-state index contributed by atoms with van der Waals surface area (Å²) in [7, 11) is 0. The lowest BCUT2D eigenvalue weighted by Crippen LogP contribution is -2.46. The Balaban J connectivity index is 1.47. The van der Waals surface area contributed by atoms with E-state index in [0.29, 0.717) is 22.9 Å². The standard InChI is InChI=1S/C27H24N8S/c1-18-11-13-19(14-12-18)24-17-35(34-20-7-3-2-4-8-20)26(32-31-24)23(16-29)30-33-27-22(15-28)21-9-5-6-10-25(21)36-27/h2-4,7-8,11-14,33-34H,5-6,9-10,17H2,1H3/b30-23+. The van der Waals surface area contributed by atoms with Crippen molar-refractivity contribution in [1.29, 1.82) is 10.5 Å². The monoisotopic (exact) mass is 492 g/mol. The predicted octanol–water partition coefficient (Wildman–Crippen LogP) is 5.24. The molecular weight excluding hydrogens is 468 g/mol. The summed E-state index contributed by atoms with van der Waals surface area (Å²) in [5.74, 6) is 0.296. The van der Waals surface area contributed by atoms with Gasteiger partial charge in [-0.25, -0.2) is 0 Å². The van der Waals surface area contributed by atoms with Gasteiger partial charge in [-0.15, -0.1) is 16.4 Å². The Morgan fingerprint density at radius 2 is 1.81 bits per heavy atom. The van der Waals surface area contributed by atoms with Crippen LogP contribution in [0.1, 0.15) is 40.0 Å². The third-order valence-electron chi connectivity index (χ3n) is 6.12. The lowest BCUT2D eigenvalue weighted by Gasteiger charge is -2.29. The Morgan fingerprint density at radius 3 is 2.56 bits per heavy atom. The van der Waals surface area contributed by atoms with Crippen LogP contribution >= 0.6 is 11.3 Å². The first kappa shape index (κ1) is 23.3. The molecule has 0 bridgehead atoms. The number of aryl methyl sites for hydroxylation is 2. The number of hydrazone groups is 1. The first-order valence-corrected chi connectivity index (χ1v) is 12.6. The van der Waals surface area contributed by atoms with Crippen molar-refractivity contribution in [2.45, 2.75) is 32.6 Å². The van der Waals surface area contributed by atoms with Gasteiger partial charge in [0.1, 0.15) is 17.1 Å². The van der Waals surface area contributed by atoms with Gasteiger partial charge in [0.15, 0.2) is 0 Å². The molecule has 0 atom stereocenters. The van der Waals surface area contributed by atoms with Gasteiger partial charge in [0.25, 0.3) is 0 Å². The summed E-state index contributed by atoms with van der Waals surface area (Å²) in [4.78, 5) is 1.23. The van der Waals surface area contributed by atoms with E-state index in [2.05, 4.69) is 38.3 Å². The first-order valence-electron chi connectivity index (χ1n) is 11.8. The van der Waals surface area contributed by atoms with Crippen molar-refractivity contribution >= 4 is 39.3 Å². The number of nitrogens with zero attached hydrogens (tertiary/aromatic N) is 6. The van der Waals surface area contributed by atoms with E-state index in [1.165, 1.54) is 4.88 Å². The number of fused-ring (bicyclic) bond motifs is 1. The van der Waals surface area contributed by atoms with Crippen LogP contribution in [-0.4, -0.2) is 28.8 Å². The molecule has 0 radical (unpaired) electrons. The molecule has 2 aromatic carbocycles. The smallest absolute Gasteiger partial charge is 0.208 e. The van der Waals surface area contributed by atoms with Crippen molar-refractivity contribution < 1.29 is 0 Å². The minimum absolute atomic E-state index is 0.0698. The summed E-state index contributed by atoms with van der Waals surface area (Å²) in [5, 5.41) is 35.3. The number of hydrazine groups is 1. The molecule has 2 aliphatic rings. The zero-order valence-electron chi connectivity index (χ0n) is 19.8. The van der Waals surface area contributed by atoms with Crippen molar-refractivity contribution in [2.24, 2.45) is 15.3 Å². The van der Waals surface area contributed by atoms with Crippen molar-refractivity contribution in [1.82, 2.24) is 5.01 Å². The molecule has 8 nitrogen and oxygen atoms in total. The van der Waals surface area contributed by atoms with Crippen LogP contribution < -0.4 is 10.9 Å². The number of benzene rings is 2. The molecule has 0 saturated carbocycles. The molecule has 5 rings (SSSR count). The minimum atomic E-state index is 0.0698. The molecule has 2 heterocycles. The van der Waals surface area contributed by atoms with E-state index < -0.39 is 0 Å². The summed E-state index contributed by atoms with van der Waals surface area (Å²) >= 11 is 1.54. The fourth-order valence-corrected chi connectivity index (χ4v) is 5.43. The molecule has 0 amide bonds. The molecule has 0 fully saturated rings. The fourth-order valence-electron chi connectivity index (χ4n) is 4.24. The van der Waals surface area contributed by atoms with Crippen molar-refractivity contribution in [3.05, 3.63) is 81.7 Å². The van der Waals surface area contributed by atoms with Gasteiger partial charge >= 0.3 is 0 Å². The van der Waals surface area contributed by atoms with Gasteiger partial charge < -0.3 is 0 Å². The SMILES string of the molecule is Cc1ccc(C2=NN=C(/C(C#N)=N/Nc3sc4c(c3C#N)CCCC4)N(Nc3ccccc3)C2)cc1. The van der Waals surface area contributed by atoms with Gasteiger partial charge in [-0.3, -0.25) is 15.9 Å². The summed E-state index contributed by atoms with van der Waals surface area (Å²) in [6, 6.07) is 22.2. The van der Waals surface area contributed by atoms with Crippen molar-refractivity contribution in [3.63, 3.8) is 0 Å². The normalized spacial score (nSPS) is 15.2. The number of rotatable bonds is 6. The molecule has 0 unspecified atom stereocenters. The van der Waals surface area contributed by atoms with Crippen LogP contribution in [0.5, 0.6) is 0 Å². The van der Waals surface area contributed by atoms with Crippen LogP contribution in [0.25, 0.3) is 0 Å². The third kappa shape index (κ3) is 4.83. The largest absolute Gasteiger partial charge is 0.297 e. The van der Waals surface area contributed by atoms with Crippen molar-refractivity contribution in [3.8, 4) is 12.1 Å². The van der Waals surface area contributed by atoms with Gasteiger partial charge in [-0.2, -0.15) is 20.7 Å². The van der Waals surface area contributed by atoms with E-state index in [-0.39, 0.29) is 5.71 Å². The molecule has 0 spiro atoms. The highest BCUT2D eigenvalue weighted by molar-refractivity contribution is 7.16. The Labute approximate surface area is 213 Å². The molecule has 3 aromatic rings. The molecule has 1 aromatic heterocycles. The molecule has 36 heavy (non-hydrogen) atoms. The van der Waals surface area contributed by atoms with Crippen LogP contribution in [0.15, 0.2) is 69.9 Å². The second-order valence-electron chi connectivity index (χ2n) is 8.61. The van der Waals surface area contributed by atoms with Gasteiger partial charge in [0.05, 0.1) is 23.5 Å². The Bertz CT molecular complexity index is 1440. The average Bonchev–Trinajstić information content (AvgIpc) is 3.28. The molecular formula is C27H24N8S. The summed E-state index contributed by atoms with van der Waals surface area (Å²) in [5.41, 5.74) is 11.9. The summed E-state index contributed by atoms with van der Waals surface area (Å²) < 4.78 is 0. The number of nitrogens with one attached hydrogen (secondary N) is 2. The second kappa shape index (κ2) is 10.4. The van der Waals surface area contributed by atoms with E-state index in [4.69, 9.17) is 0 Å². The van der Waals surface area contributed by atoms with Crippen LogP contribution in [0.2, 0.25) is 0 Å². The average molecular weight is 493 g/mol. The molecule has 178 valence electrons. The van der Waals surface area contributed by atoms with E-state index in [1.54, 1.807) is 16.3 Å². The highest BCUT2D eigenvalue weighted by Crippen LogP contribution is 2.37. The van der Waals surface area contributed by atoms with Crippen LogP contribution in [0.3, 0.4) is 0 Å². The van der Waals surface area contributed by atoms with Crippen LogP contribution in [0, 0.1) is 29.6 Å². The fraction of sp³-hybridized carbons (Fsp3) is 0.222.